The smallest absolute Gasteiger partial charge is 0.234 e. The fraction of sp³-hybridized carbons (Fsp3) is 0.556. The number of aromatic nitrogens is 2. The standard InChI is InChI=1S/C18H26N4O2/c1-14-10-19-22(11-14)12-16-6-3-4-8-21(16)13-18(23)20-15(2)17-7-5-9-24-17/h5,7,9-11,15-16H,3-4,6,8,12-13H2,1-2H3,(H,20,23)/t15-,16+/m0/s1. The normalized spacial score (nSPS) is 20.0. The maximum Gasteiger partial charge on any atom is 0.234 e. The molecule has 2 aromatic heterocycles. The number of rotatable bonds is 6. The van der Waals surface area contributed by atoms with Crippen LogP contribution in [0.25, 0.3) is 0 Å². The molecule has 1 aliphatic heterocycles. The van der Waals surface area contributed by atoms with Crippen molar-refractivity contribution in [2.24, 2.45) is 0 Å². The Morgan fingerprint density at radius 3 is 3.08 bits per heavy atom. The van der Waals surface area contributed by atoms with Gasteiger partial charge in [0.15, 0.2) is 0 Å². The molecule has 3 rings (SSSR count). The Kier molecular flexibility index (Phi) is 5.35. The molecule has 1 aliphatic rings. The van der Waals surface area contributed by atoms with E-state index in [1.807, 2.05) is 36.9 Å². The SMILES string of the molecule is Cc1cnn(C[C@H]2CCCCN2CC(=O)N[C@@H](C)c2ccco2)c1. The Labute approximate surface area is 142 Å². The fourth-order valence-electron chi connectivity index (χ4n) is 3.34. The molecule has 1 fully saturated rings. The van der Waals surface area contributed by atoms with Gasteiger partial charge in [-0.25, -0.2) is 0 Å². The molecule has 1 saturated heterocycles. The molecule has 0 unspecified atom stereocenters. The summed E-state index contributed by atoms with van der Waals surface area (Å²) in [6.07, 6.45) is 9.04. The molecule has 2 atom stereocenters. The zero-order valence-corrected chi connectivity index (χ0v) is 14.4. The quantitative estimate of drug-likeness (QED) is 0.884. The molecular weight excluding hydrogens is 304 g/mol. The Morgan fingerprint density at radius 2 is 2.38 bits per heavy atom. The third kappa shape index (κ3) is 4.26. The number of carbonyl (C=O) groups is 1. The number of nitrogens with zero attached hydrogens (tertiary/aromatic N) is 3. The lowest BCUT2D eigenvalue weighted by molar-refractivity contribution is -0.124. The summed E-state index contributed by atoms with van der Waals surface area (Å²) in [5, 5.41) is 7.40. The van der Waals surface area contributed by atoms with Crippen LogP contribution in [-0.2, 0) is 11.3 Å². The summed E-state index contributed by atoms with van der Waals surface area (Å²) in [5.74, 6) is 0.827. The van der Waals surface area contributed by atoms with Crippen molar-refractivity contribution in [2.75, 3.05) is 13.1 Å². The summed E-state index contributed by atoms with van der Waals surface area (Å²) in [4.78, 5) is 14.7. The second-order valence-corrected chi connectivity index (χ2v) is 6.66. The third-order valence-corrected chi connectivity index (χ3v) is 4.60. The highest BCUT2D eigenvalue weighted by Crippen LogP contribution is 2.19. The molecule has 2 aromatic rings. The first-order valence-electron chi connectivity index (χ1n) is 8.67. The minimum absolute atomic E-state index is 0.0439. The topological polar surface area (TPSA) is 63.3 Å². The molecule has 6 nitrogen and oxygen atoms in total. The predicted octanol–water partition coefficient (Wildman–Crippen LogP) is 2.52. The van der Waals surface area contributed by atoms with Crippen molar-refractivity contribution in [1.29, 1.82) is 0 Å². The second-order valence-electron chi connectivity index (χ2n) is 6.66. The lowest BCUT2D eigenvalue weighted by atomic mass is 10.0. The Morgan fingerprint density at radius 1 is 1.50 bits per heavy atom. The third-order valence-electron chi connectivity index (χ3n) is 4.60. The minimum atomic E-state index is -0.107. The van der Waals surface area contributed by atoms with Gasteiger partial charge in [0.05, 0.1) is 31.6 Å². The first kappa shape index (κ1) is 16.8. The molecule has 1 N–H and O–H groups in total. The first-order valence-corrected chi connectivity index (χ1v) is 8.67. The van der Waals surface area contributed by atoms with Gasteiger partial charge in [-0.15, -0.1) is 0 Å². The summed E-state index contributed by atoms with van der Waals surface area (Å²) >= 11 is 0. The summed E-state index contributed by atoms with van der Waals surface area (Å²) in [5.41, 5.74) is 1.17. The van der Waals surface area contributed by atoms with E-state index in [1.165, 1.54) is 12.0 Å². The zero-order valence-electron chi connectivity index (χ0n) is 14.4. The highest BCUT2D eigenvalue weighted by Gasteiger charge is 2.25. The van der Waals surface area contributed by atoms with E-state index >= 15 is 0 Å². The van der Waals surface area contributed by atoms with Gasteiger partial charge in [-0.05, 0) is 50.9 Å². The molecule has 0 saturated carbocycles. The maximum absolute atomic E-state index is 12.4. The van der Waals surface area contributed by atoms with Gasteiger partial charge in [-0.3, -0.25) is 14.4 Å². The monoisotopic (exact) mass is 330 g/mol. The van der Waals surface area contributed by atoms with E-state index in [0.717, 1.165) is 31.7 Å². The zero-order chi connectivity index (χ0) is 16.9. The highest BCUT2D eigenvalue weighted by atomic mass is 16.3. The largest absolute Gasteiger partial charge is 0.467 e. The van der Waals surface area contributed by atoms with Crippen LogP contribution in [0.2, 0.25) is 0 Å². The number of hydrogen-bond acceptors (Lipinski definition) is 4. The minimum Gasteiger partial charge on any atom is -0.467 e. The molecule has 6 heteroatoms. The van der Waals surface area contributed by atoms with E-state index in [-0.39, 0.29) is 11.9 Å². The average Bonchev–Trinajstić information content (AvgIpc) is 3.21. The number of likely N-dealkylation sites (tertiary alicyclic amines) is 1. The molecular formula is C18H26N4O2. The summed E-state index contributed by atoms with van der Waals surface area (Å²) < 4.78 is 7.34. The molecule has 0 radical (unpaired) electrons. The van der Waals surface area contributed by atoms with E-state index in [4.69, 9.17) is 4.42 Å². The van der Waals surface area contributed by atoms with Gasteiger partial charge in [0, 0.05) is 12.2 Å². The number of hydrogen-bond donors (Lipinski definition) is 1. The Hall–Kier alpha value is -2.08. The van der Waals surface area contributed by atoms with Gasteiger partial charge in [0.1, 0.15) is 5.76 Å². The van der Waals surface area contributed by atoms with Gasteiger partial charge < -0.3 is 9.73 Å². The van der Waals surface area contributed by atoms with Gasteiger partial charge in [0.25, 0.3) is 0 Å². The molecule has 0 aromatic carbocycles. The molecule has 1 amide bonds. The number of nitrogens with one attached hydrogen (secondary N) is 1. The van der Waals surface area contributed by atoms with E-state index in [0.29, 0.717) is 12.6 Å². The van der Waals surface area contributed by atoms with E-state index in [9.17, 15) is 4.79 Å². The van der Waals surface area contributed by atoms with Crippen molar-refractivity contribution >= 4 is 5.91 Å². The average molecular weight is 330 g/mol. The highest BCUT2D eigenvalue weighted by molar-refractivity contribution is 5.78. The fourth-order valence-corrected chi connectivity index (χ4v) is 3.34. The number of furan rings is 1. The Balaban J connectivity index is 1.55. The number of carbonyl (C=O) groups excluding carboxylic acids is 1. The lowest BCUT2D eigenvalue weighted by Gasteiger charge is -2.35. The van der Waals surface area contributed by atoms with Crippen molar-refractivity contribution in [3.63, 3.8) is 0 Å². The summed E-state index contributed by atoms with van der Waals surface area (Å²) in [7, 11) is 0. The molecule has 24 heavy (non-hydrogen) atoms. The van der Waals surface area contributed by atoms with Crippen LogP contribution in [0.5, 0.6) is 0 Å². The Bertz CT molecular complexity index is 650. The van der Waals surface area contributed by atoms with Crippen molar-refractivity contribution in [3.8, 4) is 0 Å². The molecule has 0 spiro atoms. The van der Waals surface area contributed by atoms with Gasteiger partial charge in [-0.2, -0.15) is 5.10 Å². The van der Waals surface area contributed by atoms with Crippen LogP contribution >= 0.6 is 0 Å². The predicted molar refractivity (Wildman–Crippen MR) is 91.4 cm³/mol. The van der Waals surface area contributed by atoms with Crippen LogP contribution in [-0.4, -0.2) is 39.7 Å². The first-order chi connectivity index (χ1) is 11.6. The maximum atomic E-state index is 12.4. The van der Waals surface area contributed by atoms with Gasteiger partial charge in [-0.1, -0.05) is 6.42 Å². The van der Waals surface area contributed by atoms with Crippen LogP contribution in [0.3, 0.4) is 0 Å². The van der Waals surface area contributed by atoms with Crippen LogP contribution in [0.1, 0.15) is 43.6 Å². The summed E-state index contributed by atoms with van der Waals surface area (Å²) in [6, 6.07) is 3.98. The van der Waals surface area contributed by atoms with Crippen LogP contribution in [0, 0.1) is 6.92 Å². The van der Waals surface area contributed by atoms with Crippen molar-refractivity contribution in [1.82, 2.24) is 20.0 Å². The summed E-state index contributed by atoms with van der Waals surface area (Å²) in [6.45, 7) is 6.22. The van der Waals surface area contributed by atoms with E-state index in [1.54, 1.807) is 6.26 Å². The lowest BCUT2D eigenvalue weighted by Crippen LogP contribution is -2.47. The van der Waals surface area contributed by atoms with Gasteiger partial charge >= 0.3 is 0 Å². The molecule has 0 aliphatic carbocycles. The van der Waals surface area contributed by atoms with E-state index < -0.39 is 0 Å². The van der Waals surface area contributed by atoms with Crippen LogP contribution in [0.15, 0.2) is 35.2 Å². The van der Waals surface area contributed by atoms with Crippen molar-refractivity contribution < 1.29 is 9.21 Å². The molecule has 0 bridgehead atoms. The van der Waals surface area contributed by atoms with Crippen molar-refractivity contribution in [2.45, 2.75) is 51.7 Å². The molecule has 130 valence electrons. The number of amides is 1. The van der Waals surface area contributed by atoms with Crippen LogP contribution < -0.4 is 5.32 Å². The number of aryl methyl sites for hydroxylation is 1. The molecule has 3 heterocycles. The van der Waals surface area contributed by atoms with Crippen LogP contribution in [0.4, 0.5) is 0 Å². The second kappa shape index (κ2) is 7.66. The van der Waals surface area contributed by atoms with Gasteiger partial charge in [0.2, 0.25) is 5.91 Å². The van der Waals surface area contributed by atoms with Crippen molar-refractivity contribution in [3.05, 3.63) is 42.1 Å². The number of piperidine rings is 1. The van der Waals surface area contributed by atoms with E-state index in [2.05, 4.69) is 21.5 Å².